The van der Waals surface area contributed by atoms with Crippen LogP contribution in [-0.4, -0.2) is 42.6 Å². The maximum Gasteiger partial charge on any atom is 0.226 e. The highest BCUT2D eigenvalue weighted by molar-refractivity contribution is 7.99. The van der Waals surface area contributed by atoms with Crippen molar-refractivity contribution >= 4 is 39.9 Å². The van der Waals surface area contributed by atoms with Crippen molar-refractivity contribution in [3.8, 4) is 0 Å². The highest BCUT2D eigenvalue weighted by atomic mass is 32.2. The lowest BCUT2D eigenvalue weighted by Crippen LogP contribution is -2.26. The molecule has 0 aliphatic heterocycles. The van der Waals surface area contributed by atoms with Gasteiger partial charge in [-0.3, -0.25) is 9.59 Å². The van der Waals surface area contributed by atoms with Crippen LogP contribution in [0.25, 0.3) is 0 Å². The van der Waals surface area contributed by atoms with Crippen LogP contribution in [0, 0.1) is 5.41 Å². The molecule has 1 aliphatic rings. The number of hydrogen-bond donors (Lipinski definition) is 1. The van der Waals surface area contributed by atoms with E-state index in [0.717, 1.165) is 12.1 Å². The van der Waals surface area contributed by atoms with Crippen LogP contribution in [0.3, 0.4) is 0 Å². The van der Waals surface area contributed by atoms with E-state index in [1.807, 2.05) is 0 Å². The third-order valence-electron chi connectivity index (χ3n) is 3.62. The summed E-state index contributed by atoms with van der Waals surface area (Å²) in [5, 5.41) is 15.1. The van der Waals surface area contributed by atoms with E-state index in [1.54, 1.807) is 11.7 Å². The van der Waals surface area contributed by atoms with Crippen molar-refractivity contribution < 1.29 is 9.59 Å². The summed E-state index contributed by atoms with van der Waals surface area (Å²) in [5.41, 5.74) is 0.733. The van der Waals surface area contributed by atoms with Gasteiger partial charge in [0, 0.05) is 25.6 Å². The minimum absolute atomic E-state index is 0.0692. The van der Waals surface area contributed by atoms with Crippen molar-refractivity contribution in [1.29, 1.82) is 0 Å². The maximum absolute atomic E-state index is 12.2. The Hall–Kier alpha value is -1.81. The Bertz CT molecular complexity index is 782. The number of nitrogens with zero attached hydrogens (tertiary/aromatic N) is 5. The van der Waals surface area contributed by atoms with Crippen molar-refractivity contribution in [3.63, 3.8) is 0 Å². The highest BCUT2D eigenvalue weighted by Gasteiger charge is 2.34. The first kappa shape index (κ1) is 17.0. The maximum atomic E-state index is 12.2. The first-order valence-electron chi connectivity index (χ1n) is 7.52. The first-order chi connectivity index (χ1) is 11.3. The van der Waals surface area contributed by atoms with Crippen LogP contribution in [0.5, 0.6) is 0 Å². The molecule has 0 saturated heterocycles. The molecule has 1 aliphatic carbocycles. The molecule has 2 aromatic rings. The number of hydrogen-bond acceptors (Lipinski definition) is 8. The quantitative estimate of drug-likeness (QED) is 0.807. The molecule has 2 aromatic heterocycles. The van der Waals surface area contributed by atoms with E-state index in [9.17, 15) is 9.59 Å². The zero-order chi connectivity index (χ0) is 17.3. The van der Waals surface area contributed by atoms with Gasteiger partial charge in [-0.2, -0.15) is 0 Å². The number of aromatic nitrogens is 5. The average Bonchev–Trinajstić information content (AvgIpc) is 3.04. The molecule has 1 amide bonds. The second kappa shape index (κ2) is 6.60. The molecule has 0 aromatic carbocycles. The molecular weight excluding hydrogens is 348 g/mol. The summed E-state index contributed by atoms with van der Waals surface area (Å²) in [6.07, 6.45) is 1.61. The number of fused-ring (bicyclic) bond motifs is 1. The molecule has 0 bridgehead atoms. The van der Waals surface area contributed by atoms with Crippen molar-refractivity contribution in [2.75, 3.05) is 11.1 Å². The van der Waals surface area contributed by atoms with Gasteiger partial charge in [0.05, 0.1) is 10.6 Å². The Kier molecular flexibility index (Phi) is 4.68. The lowest BCUT2D eigenvalue weighted by molar-refractivity contribution is -0.115. The van der Waals surface area contributed by atoms with E-state index in [0.29, 0.717) is 33.8 Å². The number of carbonyl (C=O) groups excluding carboxylic acids is 2. The van der Waals surface area contributed by atoms with Gasteiger partial charge in [0.15, 0.2) is 10.9 Å². The third-order valence-corrected chi connectivity index (χ3v) is 5.69. The van der Waals surface area contributed by atoms with Crippen LogP contribution in [0.1, 0.15) is 42.1 Å². The molecule has 0 radical (unpaired) electrons. The molecule has 24 heavy (non-hydrogen) atoms. The van der Waals surface area contributed by atoms with Gasteiger partial charge < -0.3 is 5.32 Å². The Morgan fingerprint density at radius 1 is 1.42 bits per heavy atom. The molecule has 8 nitrogen and oxygen atoms in total. The molecule has 10 heteroatoms. The summed E-state index contributed by atoms with van der Waals surface area (Å²) in [5.74, 6) is 0.553. The summed E-state index contributed by atoms with van der Waals surface area (Å²) < 4.78 is 1.56. The van der Waals surface area contributed by atoms with Gasteiger partial charge in [0.2, 0.25) is 11.1 Å². The van der Waals surface area contributed by atoms with Gasteiger partial charge >= 0.3 is 0 Å². The summed E-state index contributed by atoms with van der Waals surface area (Å²) in [6.45, 7) is 4.12. The van der Waals surface area contributed by atoms with Gasteiger partial charge in [0.25, 0.3) is 0 Å². The number of thioether (sulfide) groups is 1. The van der Waals surface area contributed by atoms with Crippen molar-refractivity contribution in [1.82, 2.24) is 25.2 Å². The normalized spacial score (nSPS) is 16.0. The molecule has 0 unspecified atom stereocenters. The number of tetrazole rings is 1. The zero-order valence-electron chi connectivity index (χ0n) is 13.7. The number of thiazole rings is 1. The van der Waals surface area contributed by atoms with Crippen LogP contribution < -0.4 is 5.32 Å². The number of carbonyl (C=O) groups is 2. The van der Waals surface area contributed by atoms with E-state index < -0.39 is 0 Å². The Morgan fingerprint density at radius 3 is 2.92 bits per heavy atom. The van der Waals surface area contributed by atoms with Crippen molar-refractivity contribution in [2.45, 2.75) is 38.3 Å². The number of amides is 1. The van der Waals surface area contributed by atoms with Crippen LogP contribution >= 0.6 is 23.1 Å². The predicted molar refractivity (Wildman–Crippen MR) is 91.3 cm³/mol. The zero-order valence-corrected chi connectivity index (χ0v) is 15.3. The lowest BCUT2D eigenvalue weighted by atomic mass is 9.78. The number of anilines is 1. The molecule has 0 fully saturated rings. The van der Waals surface area contributed by atoms with Crippen molar-refractivity contribution in [2.24, 2.45) is 12.5 Å². The summed E-state index contributed by atoms with van der Waals surface area (Å²) in [7, 11) is 1.75. The number of nitrogens with one attached hydrogen (secondary N) is 1. The van der Waals surface area contributed by atoms with E-state index in [2.05, 4.69) is 39.7 Å². The molecule has 0 saturated carbocycles. The second-order valence-corrected chi connectivity index (χ2v) is 8.53. The van der Waals surface area contributed by atoms with Gasteiger partial charge in [-0.05, 0) is 22.3 Å². The van der Waals surface area contributed by atoms with Gasteiger partial charge in [-0.25, -0.2) is 9.67 Å². The summed E-state index contributed by atoms with van der Waals surface area (Å²) >= 11 is 2.69. The predicted octanol–water partition coefficient (Wildman–Crippen LogP) is 1.94. The minimum Gasteiger partial charge on any atom is -0.302 e. The largest absolute Gasteiger partial charge is 0.302 e. The SMILES string of the molecule is Cn1nnnc1SCCC(=O)Nc1nc2c(s1)C(=O)CC(C)(C)C2. The first-order valence-corrected chi connectivity index (χ1v) is 9.32. The highest BCUT2D eigenvalue weighted by Crippen LogP contribution is 2.38. The minimum atomic E-state index is -0.129. The van der Waals surface area contributed by atoms with E-state index in [4.69, 9.17) is 0 Å². The van der Waals surface area contributed by atoms with Crippen LogP contribution in [-0.2, 0) is 18.3 Å². The number of ketones is 1. The van der Waals surface area contributed by atoms with Crippen LogP contribution in [0.2, 0.25) is 0 Å². The molecule has 128 valence electrons. The molecule has 3 rings (SSSR count). The number of rotatable bonds is 5. The average molecular weight is 366 g/mol. The number of Topliss-reactive ketones (excluding diaryl/α,β-unsaturated/α-hetero) is 1. The standard InChI is InChI=1S/C14H18N6O2S2/c1-14(2)6-8-11(9(21)7-14)24-12(15-8)16-10(22)4-5-23-13-17-18-19-20(13)3/h4-7H2,1-3H3,(H,15,16,22). The molecule has 0 spiro atoms. The molecule has 0 atom stereocenters. The Morgan fingerprint density at radius 2 is 2.21 bits per heavy atom. The van der Waals surface area contributed by atoms with E-state index in [-0.39, 0.29) is 17.1 Å². The van der Waals surface area contributed by atoms with Crippen molar-refractivity contribution in [3.05, 3.63) is 10.6 Å². The van der Waals surface area contributed by atoms with E-state index >= 15 is 0 Å². The lowest BCUT2D eigenvalue weighted by Gasteiger charge is -2.26. The van der Waals surface area contributed by atoms with E-state index in [1.165, 1.54) is 23.1 Å². The molecule has 2 heterocycles. The Labute approximate surface area is 147 Å². The smallest absolute Gasteiger partial charge is 0.226 e. The third kappa shape index (κ3) is 3.81. The summed E-state index contributed by atoms with van der Waals surface area (Å²) in [4.78, 5) is 29.3. The monoisotopic (exact) mass is 366 g/mol. The molecule has 1 N–H and O–H groups in total. The topological polar surface area (TPSA) is 103 Å². The van der Waals surface area contributed by atoms with Crippen LogP contribution in [0.15, 0.2) is 5.16 Å². The molecular formula is C14H18N6O2S2. The van der Waals surface area contributed by atoms with Gasteiger partial charge in [0.1, 0.15) is 0 Å². The Balaban J connectivity index is 1.56. The fourth-order valence-electron chi connectivity index (χ4n) is 2.53. The van der Waals surface area contributed by atoms with Crippen LogP contribution in [0.4, 0.5) is 5.13 Å². The summed E-state index contributed by atoms with van der Waals surface area (Å²) in [6, 6.07) is 0. The van der Waals surface area contributed by atoms with Gasteiger partial charge in [-0.15, -0.1) is 5.10 Å². The fraction of sp³-hybridized carbons (Fsp3) is 0.571. The van der Waals surface area contributed by atoms with Gasteiger partial charge in [-0.1, -0.05) is 36.9 Å². The number of aryl methyl sites for hydroxylation is 1. The fourth-order valence-corrected chi connectivity index (χ4v) is 4.26. The second-order valence-electron chi connectivity index (χ2n) is 6.47.